The van der Waals surface area contributed by atoms with Crippen molar-refractivity contribution in [2.24, 2.45) is 0 Å². The molecule has 0 atom stereocenters. The Morgan fingerprint density at radius 3 is 1.65 bits per heavy atom. The summed E-state index contributed by atoms with van der Waals surface area (Å²) in [5.74, 6) is 0. The first-order valence-electron chi connectivity index (χ1n) is 18.8. The number of hydrogen-bond acceptors (Lipinski definition) is 2. The highest BCUT2D eigenvalue weighted by molar-refractivity contribution is 5.99. The van der Waals surface area contributed by atoms with Crippen LogP contribution in [0.3, 0.4) is 0 Å². The minimum Gasteiger partial charge on any atom is -0.311 e. The van der Waals surface area contributed by atoms with Crippen molar-refractivity contribution in [2.45, 2.75) is 26.2 Å². The van der Waals surface area contributed by atoms with Crippen molar-refractivity contribution in [1.82, 2.24) is 0 Å². The first-order chi connectivity index (χ1) is 26.4. The number of hydrogen-bond donors (Lipinski definition) is 0. The summed E-state index contributed by atoms with van der Waals surface area (Å²) in [6, 6.07) is 68.0. The van der Waals surface area contributed by atoms with E-state index in [-0.39, 0.29) is 5.41 Å². The molecule has 8 aromatic rings. The number of para-hydroxylation sites is 2. The maximum absolute atomic E-state index is 2.42. The minimum absolute atomic E-state index is 0.165. The molecule has 0 spiro atoms. The number of benzene rings is 8. The van der Waals surface area contributed by atoms with E-state index < -0.39 is 0 Å². The van der Waals surface area contributed by atoms with Crippen LogP contribution in [-0.2, 0) is 5.41 Å². The highest BCUT2D eigenvalue weighted by Gasteiger charge is 2.36. The minimum atomic E-state index is -0.165. The lowest BCUT2D eigenvalue weighted by Gasteiger charge is -2.29. The summed E-state index contributed by atoms with van der Waals surface area (Å²) >= 11 is 0. The molecule has 2 heteroatoms. The smallest absolute Gasteiger partial charge is 0.0540 e. The van der Waals surface area contributed by atoms with Crippen molar-refractivity contribution >= 4 is 57.0 Å². The highest BCUT2D eigenvalue weighted by atomic mass is 15.1. The van der Waals surface area contributed by atoms with Crippen molar-refractivity contribution in [3.8, 4) is 11.1 Å². The lowest BCUT2D eigenvalue weighted by molar-refractivity contribution is 0.660. The van der Waals surface area contributed by atoms with Gasteiger partial charge in [0.25, 0.3) is 0 Å². The number of fused-ring (bicyclic) bond motifs is 4. The average molecular weight is 695 g/mol. The molecule has 0 saturated heterocycles. The fraction of sp³-hybridized carbons (Fsp3) is 0.0769. The molecule has 0 fully saturated rings. The van der Waals surface area contributed by atoms with Crippen LogP contribution in [0.15, 0.2) is 188 Å². The topological polar surface area (TPSA) is 6.48 Å². The number of rotatable bonds is 8. The van der Waals surface area contributed by atoms with Crippen molar-refractivity contribution in [2.75, 3.05) is 9.80 Å². The van der Waals surface area contributed by atoms with Crippen LogP contribution in [0, 0.1) is 6.92 Å². The predicted molar refractivity (Wildman–Crippen MR) is 231 cm³/mol. The van der Waals surface area contributed by atoms with Gasteiger partial charge in [-0.3, -0.25) is 0 Å². The monoisotopic (exact) mass is 694 g/mol. The van der Waals surface area contributed by atoms with Gasteiger partial charge in [-0.25, -0.2) is 0 Å². The van der Waals surface area contributed by atoms with Crippen LogP contribution in [0.2, 0.25) is 0 Å². The number of nitrogens with zero attached hydrogens (tertiary/aromatic N) is 2. The second-order valence-corrected chi connectivity index (χ2v) is 14.8. The van der Waals surface area contributed by atoms with E-state index in [1.165, 1.54) is 55.5 Å². The zero-order chi connectivity index (χ0) is 36.6. The van der Waals surface area contributed by atoms with E-state index >= 15 is 0 Å². The SMILES string of the molecule is Cc1cccc(N(c2ccc3c(c2)C(C)(C)c2cc(C=Cc4ccc(N(c5ccccc5)c5ccccc5)cc4)ccc2-3)c2cccc3ccccc23)c1. The van der Waals surface area contributed by atoms with Crippen LogP contribution in [0.25, 0.3) is 34.1 Å². The van der Waals surface area contributed by atoms with Crippen LogP contribution < -0.4 is 9.80 Å². The van der Waals surface area contributed by atoms with Gasteiger partial charge in [0, 0.05) is 39.2 Å². The van der Waals surface area contributed by atoms with Crippen LogP contribution in [0.1, 0.15) is 41.7 Å². The molecule has 0 radical (unpaired) electrons. The van der Waals surface area contributed by atoms with Gasteiger partial charge in [0.1, 0.15) is 0 Å². The molecule has 0 aromatic heterocycles. The maximum Gasteiger partial charge on any atom is 0.0540 e. The second-order valence-electron chi connectivity index (χ2n) is 14.8. The number of aryl methyl sites for hydroxylation is 1. The molecule has 0 heterocycles. The molecule has 0 aliphatic heterocycles. The van der Waals surface area contributed by atoms with Gasteiger partial charge in [0.15, 0.2) is 0 Å². The summed E-state index contributed by atoms with van der Waals surface area (Å²) in [4.78, 5) is 4.72. The lowest BCUT2D eigenvalue weighted by atomic mass is 9.81. The molecule has 1 aliphatic rings. The zero-order valence-corrected chi connectivity index (χ0v) is 30.9. The molecular weight excluding hydrogens is 653 g/mol. The van der Waals surface area contributed by atoms with Crippen LogP contribution >= 0.6 is 0 Å². The van der Waals surface area contributed by atoms with Gasteiger partial charge in [-0.2, -0.15) is 0 Å². The average Bonchev–Trinajstić information content (AvgIpc) is 3.43. The van der Waals surface area contributed by atoms with Crippen molar-refractivity contribution in [3.63, 3.8) is 0 Å². The molecule has 8 aromatic carbocycles. The number of anilines is 6. The Bertz CT molecular complexity index is 2590. The maximum atomic E-state index is 2.42. The molecule has 0 saturated carbocycles. The lowest BCUT2D eigenvalue weighted by Crippen LogP contribution is -2.17. The summed E-state index contributed by atoms with van der Waals surface area (Å²) in [7, 11) is 0. The van der Waals surface area contributed by atoms with E-state index in [0.29, 0.717) is 0 Å². The first-order valence-corrected chi connectivity index (χ1v) is 18.8. The summed E-state index contributed by atoms with van der Waals surface area (Å²) in [6.45, 7) is 6.90. The summed E-state index contributed by atoms with van der Waals surface area (Å²) in [5.41, 5.74) is 15.7. The Labute approximate surface area is 318 Å². The Kier molecular flexibility index (Phi) is 8.44. The Morgan fingerprint density at radius 2 is 0.926 bits per heavy atom. The van der Waals surface area contributed by atoms with E-state index in [0.717, 1.165) is 28.3 Å². The molecule has 0 bridgehead atoms. The standard InChI is InChI=1S/C52H42N2/c1-37-14-12-21-44(34-37)54(51-23-13-16-40-15-10-11-22-46(40)51)45-31-33-48-47-32-28-39(35-49(47)52(2,3)50(48)36-45)25-24-38-26-29-43(30-27-38)53(41-17-6-4-7-18-41)42-19-8-5-9-20-42/h4-36H,1-3H3. The Hall–Kier alpha value is -6.64. The van der Waals surface area contributed by atoms with Crippen molar-refractivity contribution in [3.05, 3.63) is 216 Å². The molecule has 1 aliphatic carbocycles. The largest absolute Gasteiger partial charge is 0.311 e. The molecule has 260 valence electrons. The van der Waals surface area contributed by atoms with Gasteiger partial charge >= 0.3 is 0 Å². The fourth-order valence-corrected chi connectivity index (χ4v) is 8.11. The first kappa shape index (κ1) is 33.2. The van der Waals surface area contributed by atoms with E-state index in [9.17, 15) is 0 Å². The third kappa shape index (κ3) is 6.06. The van der Waals surface area contributed by atoms with Crippen LogP contribution in [0.4, 0.5) is 34.1 Å². The molecule has 9 rings (SSSR count). The van der Waals surface area contributed by atoms with E-state index in [1.54, 1.807) is 0 Å². The van der Waals surface area contributed by atoms with E-state index in [1.807, 2.05) is 0 Å². The summed E-state index contributed by atoms with van der Waals surface area (Å²) in [6.07, 6.45) is 4.46. The van der Waals surface area contributed by atoms with Crippen molar-refractivity contribution in [1.29, 1.82) is 0 Å². The highest BCUT2D eigenvalue weighted by Crippen LogP contribution is 2.51. The van der Waals surface area contributed by atoms with Crippen molar-refractivity contribution < 1.29 is 0 Å². The van der Waals surface area contributed by atoms with Gasteiger partial charge in [-0.1, -0.05) is 147 Å². The summed E-state index contributed by atoms with van der Waals surface area (Å²) < 4.78 is 0. The normalized spacial score (nSPS) is 12.8. The molecular formula is C52H42N2. The molecule has 0 unspecified atom stereocenters. The third-order valence-electron chi connectivity index (χ3n) is 10.9. The molecule has 0 amide bonds. The van der Waals surface area contributed by atoms with E-state index in [4.69, 9.17) is 0 Å². The molecule has 54 heavy (non-hydrogen) atoms. The van der Waals surface area contributed by atoms with Crippen LogP contribution in [0.5, 0.6) is 0 Å². The third-order valence-corrected chi connectivity index (χ3v) is 10.9. The molecule has 2 nitrogen and oxygen atoms in total. The molecule has 0 N–H and O–H groups in total. The quantitative estimate of drug-likeness (QED) is 0.146. The fourth-order valence-electron chi connectivity index (χ4n) is 8.11. The van der Waals surface area contributed by atoms with Gasteiger partial charge in [0.2, 0.25) is 0 Å². The van der Waals surface area contributed by atoms with Gasteiger partial charge in [-0.15, -0.1) is 0 Å². The van der Waals surface area contributed by atoms with Gasteiger partial charge < -0.3 is 9.80 Å². The van der Waals surface area contributed by atoms with E-state index in [2.05, 4.69) is 231 Å². The van der Waals surface area contributed by atoms with Crippen LogP contribution in [-0.4, -0.2) is 0 Å². The van der Waals surface area contributed by atoms with Gasteiger partial charge in [0.05, 0.1) is 5.69 Å². The Morgan fingerprint density at radius 1 is 0.407 bits per heavy atom. The van der Waals surface area contributed by atoms with Gasteiger partial charge in [-0.05, 0) is 118 Å². The Balaban J connectivity index is 1.03. The predicted octanol–water partition coefficient (Wildman–Crippen LogP) is 14.6. The second kappa shape index (κ2) is 13.7. The summed E-state index contributed by atoms with van der Waals surface area (Å²) in [5, 5.41) is 2.47. The zero-order valence-electron chi connectivity index (χ0n) is 30.9.